The summed E-state index contributed by atoms with van der Waals surface area (Å²) < 4.78 is 0. The quantitative estimate of drug-likeness (QED) is 0.751. The van der Waals surface area contributed by atoms with Gasteiger partial charge in [-0.15, -0.1) is 0 Å². The summed E-state index contributed by atoms with van der Waals surface area (Å²) in [6.07, 6.45) is 0. The molecule has 88 valence electrons. The fourth-order valence-electron chi connectivity index (χ4n) is 2.07. The highest BCUT2D eigenvalue weighted by Crippen LogP contribution is 2.23. The molecular formula is C14H16N2O. The summed E-state index contributed by atoms with van der Waals surface area (Å²) in [5, 5.41) is 1.04. The van der Waals surface area contributed by atoms with Gasteiger partial charge in [0, 0.05) is 19.5 Å². The Labute approximate surface area is 101 Å². The van der Waals surface area contributed by atoms with Crippen LogP contribution in [0.2, 0.25) is 0 Å². The van der Waals surface area contributed by atoms with Crippen LogP contribution < -0.4 is 0 Å². The van der Waals surface area contributed by atoms with Gasteiger partial charge in [-0.05, 0) is 25.5 Å². The second-order valence-corrected chi connectivity index (χ2v) is 4.41. The number of nitrogens with zero attached hydrogens (tertiary/aromatic N) is 2. The summed E-state index contributed by atoms with van der Waals surface area (Å²) in [7, 11) is 3.52. The summed E-state index contributed by atoms with van der Waals surface area (Å²) >= 11 is 0. The van der Waals surface area contributed by atoms with Crippen LogP contribution in [0, 0.1) is 13.8 Å². The Balaban J connectivity index is 2.76. The third-order valence-corrected chi connectivity index (χ3v) is 2.95. The minimum atomic E-state index is 0.0123. The fraction of sp³-hybridized carbons (Fsp3) is 0.286. The lowest BCUT2D eigenvalue weighted by Crippen LogP contribution is -2.24. The second-order valence-electron chi connectivity index (χ2n) is 4.41. The molecule has 0 N–H and O–H groups in total. The molecule has 2 aromatic rings. The van der Waals surface area contributed by atoms with E-state index in [4.69, 9.17) is 0 Å². The second kappa shape index (κ2) is 4.17. The first-order valence-electron chi connectivity index (χ1n) is 5.60. The topological polar surface area (TPSA) is 33.2 Å². The molecular weight excluding hydrogens is 212 g/mol. The summed E-state index contributed by atoms with van der Waals surface area (Å²) in [6.45, 7) is 3.86. The number of benzene rings is 1. The zero-order valence-corrected chi connectivity index (χ0v) is 10.6. The van der Waals surface area contributed by atoms with E-state index in [1.165, 1.54) is 0 Å². The molecule has 17 heavy (non-hydrogen) atoms. The van der Waals surface area contributed by atoms with Crippen molar-refractivity contribution in [1.82, 2.24) is 9.88 Å². The largest absolute Gasteiger partial charge is 0.345 e. The molecule has 3 nitrogen and oxygen atoms in total. The number of carbonyl (C=O) groups excluding carboxylic acids is 1. The molecule has 0 saturated carbocycles. The SMILES string of the molecule is Cc1nc2ccccc2c(C)c1C(=O)N(C)C. The summed E-state index contributed by atoms with van der Waals surface area (Å²) in [4.78, 5) is 18.2. The number of hydrogen-bond acceptors (Lipinski definition) is 2. The summed E-state index contributed by atoms with van der Waals surface area (Å²) in [6, 6.07) is 7.90. The highest BCUT2D eigenvalue weighted by Gasteiger charge is 2.17. The van der Waals surface area contributed by atoms with E-state index in [2.05, 4.69) is 4.98 Å². The predicted octanol–water partition coefficient (Wildman–Crippen LogP) is 2.55. The van der Waals surface area contributed by atoms with Crippen LogP contribution in [0.1, 0.15) is 21.6 Å². The normalized spacial score (nSPS) is 10.6. The van der Waals surface area contributed by atoms with E-state index < -0.39 is 0 Å². The van der Waals surface area contributed by atoms with Crippen LogP contribution in [0.5, 0.6) is 0 Å². The van der Waals surface area contributed by atoms with Crippen molar-refractivity contribution in [1.29, 1.82) is 0 Å². The van der Waals surface area contributed by atoms with E-state index in [-0.39, 0.29) is 5.91 Å². The monoisotopic (exact) mass is 228 g/mol. The molecule has 0 fully saturated rings. The van der Waals surface area contributed by atoms with Gasteiger partial charge in [0.05, 0.1) is 16.8 Å². The fourth-order valence-corrected chi connectivity index (χ4v) is 2.07. The van der Waals surface area contributed by atoms with Gasteiger partial charge in [0.15, 0.2) is 0 Å². The molecule has 1 heterocycles. The van der Waals surface area contributed by atoms with E-state index >= 15 is 0 Å². The number of carbonyl (C=O) groups is 1. The zero-order valence-electron chi connectivity index (χ0n) is 10.6. The lowest BCUT2D eigenvalue weighted by molar-refractivity contribution is 0.0826. The Morgan fingerprint density at radius 1 is 1.18 bits per heavy atom. The van der Waals surface area contributed by atoms with Crippen LogP contribution in [0.3, 0.4) is 0 Å². The first kappa shape index (κ1) is 11.6. The summed E-state index contributed by atoms with van der Waals surface area (Å²) in [5.74, 6) is 0.0123. The lowest BCUT2D eigenvalue weighted by atomic mass is 10.0. The number of pyridine rings is 1. The Hall–Kier alpha value is -1.90. The average molecular weight is 228 g/mol. The van der Waals surface area contributed by atoms with Gasteiger partial charge in [0.2, 0.25) is 0 Å². The van der Waals surface area contributed by atoms with Crippen molar-refractivity contribution in [3.63, 3.8) is 0 Å². The molecule has 0 aliphatic heterocycles. The molecule has 0 unspecified atom stereocenters. The minimum Gasteiger partial charge on any atom is -0.345 e. The third kappa shape index (κ3) is 1.88. The van der Waals surface area contributed by atoms with Gasteiger partial charge in [-0.1, -0.05) is 18.2 Å². The maximum Gasteiger partial charge on any atom is 0.255 e. The minimum absolute atomic E-state index is 0.0123. The number of hydrogen-bond donors (Lipinski definition) is 0. The van der Waals surface area contributed by atoms with Gasteiger partial charge in [0.1, 0.15) is 0 Å². The molecule has 3 heteroatoms. The van der Waals surface area contributed by atoms with Gasteiger partial charge in [-0.2, -0.15) is 0 Å². The first-order chi connectivity index (χ1) is 8.02. The zero-order chi connectivity index (χ0) is 12.6. The van der Waals surface area contributed by atoms with Crippen LogP contribution in [0.15, 0.2) is 24.3 Å². The number of amides is 1. The van der Waals surface area contributed by atoms with E-state index in [1.807, 2.05) is 38.1 Å². The number of rotatable bonds is 1. The highest BCUT2D eigenvalue weighted by molar-refractivity contribution is 6.01. The van der Waals surface area contributed by atoms with Gasteiger partial charge >= 0.3 is 0 Å². The molecule has 0 radical (unpaired) electrons. The number of para-hydroxylation sites is 1. The van der Waals surface area contributed by atoms with Crippen molar-refractivity contribution in [2.75, 3.05) is 14.1 Å². The Morgan fingerprint density at radius 2 is 1.82 bits per heavy atom. The van der Waals surface area contributed by atoms with Crippen LogP contribution in [0.4, 0.5) is 0 Å². The van der Waals surface area contributed by atoms with Gasteiger partial charge < -0.3 is 4.90 Å². The smallest absolute Gasteiger partial charge is 0.255 e. The maximum absolute atomic E-state index is 12.1. The van der Waals surface area contributed by atoms with Crippen molar-refractivity contribution in [2.45, 2.75) is 13.8 Å². The molecule has 0 aliphatic carbocycles. The van der Waals surface area contributed by atoms with Crippen LogP contribution in [0.25, 0.3) is 10.9 Å². The summed E-state index contributed by atoms with van der Waals surface area (Å²) in [5.41, 5.74) is 3.46. The van der Waals surface area contributed by atoms with Crippen molar-refractivity contribution in [3.8, 4) is 0 Å². The van der Waals surface area contributed by atoms with E-state index in [0.717, 1.165) is 22.2 Å². The molecule has 0 bridgehead atoms. The average Bonchev–Trinajstić information content (AvgIpc) is 2.28. The van der Waals surface area contributed by atoms with Crippen LogP contribution >= 0.6 is 0 Å². The highest BCUT2D eigenvalue weighted by atomic mass is 16.2. The van der Waals surface area contributed by atoms with Gasteiger partial charge in [-0.3, -0.25) is 9.78 Å². The molecule has 1 amide bonds. The standard InChI is InChI=1S/C14H16N2O/c1-9-11-7-5-6-8-12(11)15-10(2)13(9)14(17)16(3)4/h5-8H,1-4H3. The van der Waals surface area contributed by atoms with Crippen molar-refractivity contribution in [2.24, 2.45) is 0 Å². The van der Waals surface area contributed by atoms with E-state index in [9.17, 15) is 4.79 Å². The Bertz CT molecular complexity index is 588. The molecule has 1 aromatic heterocycles. The maximum atomic E-state index is 12.1. The predicted molar refractivity (Wildman–Crippen MR) is 69.2 cm³/mol. The van der Waals surface area contributed by atoms with Gasteiger partial charge in [-0.25, -0.2) is 0 Å². The molecule has 1 aromatic carbocycles. The third-order valence-electron chi connectivity index (χ3n) is 2.95. The number of fused-ring (bicyclic) bond motifs is 1. The molecule has 2 rings (SSSR count). The van der Waals surface area contributed by atoms with Crippen molar-refractivity contribution < 1.29 is 4.79 Å². The van der Waals surface area contributed by atoms with E-state index in [0.29, 0.717) is 5.56 Å². The number of aromatic nitrogens is 1. The molecule has 0 saturated heterocycles. The molecule has 0 spiro atoms. The van der Waals surface area contributed by atoms with Crippen molar-refractivity contribution in [3.05, 3.63) is 41.1 Å². The Morgan fingerprint density at radius 3 is 2.47 bits per heavy atom. The number of aryl methyl sites for hydroxylation is 2. The molecule has 0 aliphatic rings. The van der Waals surface area contributed by atoms with Crippen molar-refractivity contribution >= 4 is 16.8 Å². The first-order valence-corrected chi connectivity index (χ1v) is 5.60. The lowest BCUT2D eigenvalue weighted by Gasteiger charge is -2.15. The van der Waals surface area contributed by atoms with Crippen LogP contribution in [-0.2, 0) is 0 Å². The molecule has 0 atom stereocenters. The Kier molecular flexibility index (Phi) is 2.84. The van der Waals surface area contributed by atoms with E-state index in [1.54, 1.807) is 19.0 Å². The van der Waals surface area contributed by atoms with Gasteiger partial charge in [0.25, 0.3) is 5.91 Å². The van der Waals surface area contributed by atoms with Crippen LogP contribution in [-0.4, -0.2) is 29.9 Å².